The van der Waals surface area contributed by atoms with Crippen LogP contribution < -0.4 is 10.2 Å². The van der Waals surface area contributed by atoms with E-state index in [4.69, 9.17) is 0 Å². The lowest BCUT2D eigenvalue weighted by atomic mass is 10.2. The molecule has 100 valence electrons. The van der Waals surface area contributed by atoms with Crippen molar-refractivity contribution in [2.75, 3.05) is 18.0 Å². The predicted molar refractivity (Wildman–Crippen MR) is 74.8 cm³/mol. The van der Waals surface area contributed by atoms with Gasteiger partial charge in [-0.2, -0.15) is 5.10 Å². The number of H-pyrrole nitrogens is 1. The van der Waals surface area contributed by atoms with Crippen LogP contribution in [-0.2, 0) is 13.1 Å². The fraction of sp³-hybridized carbons (Fsp3) is 0.429. The lowest BCUT2D eigenvalue weighted by Crippen LogP contribution is -2.17. The summed E-state index contributed by atoms with van der Waals surface area (Å²) < 4.78 is 0. The van der Waals surface area contributed by atoms with Crippen LogP contribution in [0, 0.1) is 0 Å². The van der Waals surface area contributed by atoms with Gasteiger partial charge in [0.1, 0.15) is 12.2 Å². The second kappa shape index (κ2) is 5.84. The van der Waals surface area contributed by atoms with E-state index in [1.54, 1.807) is 0 Å². The molecule has 1 saturated heterocycles. The van der Waals surface area contributed by atoms with E-state index < -0.39 is 0 Å². The molecule has 19 heavy (non-hydrogen) atoms. The maximum atomic E-state index is 4.08. The smallest absolute Gasteiger partial charge is 0.138 e. The first-order valence-corrected chi connectivity index (χ1v) is 6.81. The minimum Gasteiger partial charge on any atom is -0.372 e. The highest BCUT2D eigenvalue weighted by molar-refractivity contribution is 5.48. The Kier molecular flexibility index (Phi) is 3.74. The summed E-state index contributed by atoms with van der Waals surface area (Å²) in [5.74, 6) is 0.869. The van der Waals surface area contributed by atoms with Crippen molar-refractivity contribution >= 4 is 5.69 Å². The molecule has 0 aliphatic carbocycles. The summed E-state index contributed by atoms with van der Waals surface area (Å²) in [6.45, 7) is 3.96. The summed E-state index contributed by atoms with van der Waals surface area (Å²) in [5.41, 5.74) is 2.64. The zero-order chi connectivity index (χ0) is 12.9. The zero-order valence-electron chi connectivity index (χ0n) is 11.0. The van der Waals surface area contributed by atoms with E-state index in [0.717, 1.165) is 12.4 Å². The summed E-state index contributed by atoms with van der Waals surface area (Å²) >= 11 is 0. The van der Waals surface area contributed by atoms with E-state index in [9.17, 15) is 0 Å². The Labute approximate surface area is 113 Å². The van der Waals surface area contributed by atoms with E-state index >= 15 is 0 Å². The molecule has 1 aromatic heterocycles. The summed E-state index contributed by atoms with van der Waals surface area (Å²) in [7, 11) is 0. The topological polar surface area (TPSA) is 56.8 Å². The van der Waals surface area contributed by atoms with Crippen LogP contribution in [0.4, 0.5) is 5.69 Å². The van der Waals surface area contributed by atoms with Crippen LogP contribution >= 0.6 is 0 Å². The number of nitrogens with one attached hydrogen (secondary N) is 2. The molecule has 0 atom stereocenters. The molecule has 2 N–H and O–H groups in total. The fourth-order valence-electron chi connectivity index (χ4n) is 2.44. The molecular formula is C14H19N5. The van der Waals surface area contributed by atoms with Crippen LogP contribution in [0.3, 0.4) is 0 Å². The van der Waals surface area contributed by atoms with Crippen molar-refractivity contribution in [2.24, 2.45) is 0 Å². The third-order valence-electron chi connectivity index (χ3n) is 3.49. The van der Waals surface area contributed by atoms with Gasteiger partial charge in [0.25, 0.3) is 0 Å². The monoisotopic (exact) mass is 257 g/mol. The lowest BCUT2D eigenvalue weighted by molar-refractivity contribution is 0.665. The van der Waals surface area contributed by atoms with Gasteiger partial charge in [0.15, 0.2) is 0 Å². The quantitative estimate of drug-likeness (QED) is 0.856. The first-order valence-electron chi connectivity index (χ1n) is 6.81. The highest BCUT2D eigenvalue weighted by atomic mass is 15.2. The molecule has 2 aromatic rings. The molecular weight excluding hydrogens is 238 g/mol. The van der Waals surface area contributed by atoms with Gasteiger partial charge in [-0.1, -0.05) is 12.1 Å². The van der Waals surface area contributed by atoms with Crippen molar-refractivity contribution < 1.29 is 0 Å². The number of aromatic amines is 1. The van der Waals surface area contributed by atoms with Crippen molar-refractivity contribution in [3.05, 3.63) is 42.0 Å². The highest BCUT2D eigenvalue weighted by Gasteiger charge is 2.11. The minimum atomic E-state index is 0.716. The fourth-order valence-corrected chi connectivity index (χ4v) is 2.44. The molecule has 0 spiro atoms. The van der Waals surface area contributed by atoms with Gasteiger partial charge in [0.05, 0.1) is 6.54 Å². The van der Waals surface area contributed by atoms with Crippen LogP contribution in [0.25, 0.3) is 0 Å². The van der Waals surface area contributed by atoms with E-state index in [2.05, 4.69) is 49.7 Å². The van der Waals surface area contributed by atoms with E-state index in [-0.39, 0.29) is 0 Å². The summed E-state index contributed by atoms with van der Waals surface area (Å²) in [6.07, 6.45) is 4.17. The molecule has 1 aliphatic rings. The molecule has 0 bridgehead atoms. The Morgan fingerprint density at radius 3 is 2.58 bits per heavy atom. The third-order valence-corrected chi connectivity index (χ3v) is 3.49. The Hall–Kier alpha value is -1.88. The maximum absolute atomic E-state index is 4.08. The van der Waals surface area contributed by atoms with Gasteiger partial charge in [-0.3, -0.25) is 5.10 Å². The average Bonchev–Trinajstić information content (AvgIpc) is 3.13. The zero-order valence-corrected chi connectivity index (χ0v) is 11.0. The Morgan fingerprint density at radius 2 is 1.89 bits per heavy atom. The first-order chi connectivity index (χ1) is 9.42. The minimum absolute atomic E-state index is 0.716. The summed E-state index contributed by atoms with van der Waals surface area (Å²) in [5, 5.41) is 10.0. The number of rotatable bonds is 5. The number of benzene rings is 1. The molecule has 0 amide bonds. The van der Waals surface area contributed by atoms with Crippen LogP contribution in [0.1, 0.15) is 24.2 Å². The number of aromatic nitrogens is 3. The molecule has 5 heteroatoms. The normalized spacial score (nSPS) is 15.1. The number of hydrogen-bond donors (Lipinski definition) is 2. The van der Waals surface area contributed by atoms with Crippen molar-refractivity contribution in [2.45, 2.75) is 25.9 Å². The van der Waals surface area contributed by atoms with E-state index in [1.807, 2.05) is 0 Å². The van der Waals surface area contributed by atoms with Crippen molar-refractivity contribution in [3.63, 3.8) is 0 Å². The maximum Gasteiger partial charge on any atom is 0.138 e. The second-order valence-corrected chi connectivity index (χ2v) is 4.90. The first kappa shape index (κ1) is 12.2. The van der Waals surface area contributed by atoms with Crippen LogP contribution in [0.2, 0.25) is 0 Å². The van der Waals surface area contributed by atoms with Crippen LogP contribution in [0.15, 0.2) is 30.6 Å². The molecule has 1 fully saturated rings. The van der Waals surface area contributed by atoms with Gasteiger partial charge in [-0.05, 0) is 30.5 Å². The van der Waals surface area contributed by atoms with Gasteiger partial charge in [-0.15, -0.1) is 0 Å². The molecule has 3 rings (SSSR count). The Bertz CT molecular complexity index is 485. The Balaban J connectivity index is 1.51. The second-order valence-electron chi connectivity index (χ2n) is 4.90. The number of hydrogen-bond acceptors (Lipinski definition) is 4. The Morgan fingerprint density at radius 1 is 1.11 bits per heavy atom. The molecule has 0 radical (unpaired) electrons. The lowest BCUT2D eigenvalue weighted by Gasteiger charge is -2.17. The molecule has 1 aliphatic heterocycles. The molecule has 0 saturated carbocycles. The van der Waals surface area contributed by atoms with Crippen LogP contribution in [-0.4, -0.2) is 28.3 Å². The summed E-state index contributed by atoms with van der Waals surface area (Å²) in [4.78, 5) is 6.53. The van der Waals surface area contributed by atoms with E-state index in [1.165, 1.54) is 43.5 Å². The highest BCUT2D eigenvalue weighted by Crippen LogP contribution is 2.20. The SMILES string of the molecule is c1n[nH]c(CNCc2ccc(N3CCCC3)cc2)n1. The average molecular weight is 257 g/mol. The van der Waals surface area contributed by atoms with Gasteiger partial charge >= 0.3 is 0 Å². The van der Waals surface area contributed by atoms with Crippen LogP contribution in [0.5, 0.6) is 0 Å². The molecule has 5 nitrogen and oxygen atoms in total. The molecule has 1 aromatic carbocycles. The van der Waals surface area contributed by atoms with Crippen molar-refractivity contribution in [3.8, 4) is 0 Å². The van der Waals surface area contributed by atoms with Gasteiger partial charge in [0, 0.05) is 25.3 Å². The molecule has 0 unspecified atom stereocenters. The third kappa shape index (κ3) is 3.12. The summed E-state index contributed by atoms with van der Waals surface area (Å²) in [6, 6.07) is 8.83. The van der Waals surface area contributed by atoms with Crippen molar-refractivity contribution in [1.82, 2.24) is 20.5 Å². The largest absolute Gasteiger partial charge is 0.372 e. The van der Waals surface area contributed by atoms with Gasteiger partial charge < -0.3 is 10.2 Å². The van der Waals surface area contributed by atoms with Gasteiger partial charge in [-0.25, -0.2) is 4.98 Å². The number of anilines is 1. The molecule has 2 heterocycles. The van der Waals surface area contributed by atoms with Gasteiger partial charge in [0.2, 0.25) is 0 Å². The van der Waals surface area contributed by atoms with Crippen molar-refractivity contribution in [1.29, 1.82) is 0 Å². The predicted octanol–water partition coefficient (Wildman–Crippen LogP) is 1.69. The standard InChI is InChI=1S/C14H19N5/c1-2-8-19(7-1)13-5-3-12(4-6-13)9-15-10-14-16-11-17-18-14/h3-6,11,15H,1-2,7-10H2,(H,16,17,18). The number of nitrogens with zero attached hydrogens (tertiary/aromatic N) is 3. The van der Waals surface area contributed by atoms with E-state index in [0.29, 0.717) is 6.54 Å².